The van der Waals surface area contributed by atoms with Gasteiger partial charge in [0, 0.05) is 19.4 Å². The minimum atomic E-state index is 0.686. The number of nitrogens with zero attached hydrogens (tertiary/aromatic N) is 3. The number of anilines is 1. The maximum absolute atomic E-state index is 5.90. The van der Waals surface area contributed by atoms with E-state index >= 15 is 0 Å². The molecule has 0 unspecified atom stereocenters. The summed E-state index contributed by atoms with van der Waals surface area (Å²) < 4.78 is 1.83. The predicted molar refractivity (Wildman–Crippen MR) is 64.5 cm³/mol. The zero-order chi connectivity index (χ0) is 11.5. The van der Waals surface area contributed by atoms with E-state index in [1.165, 1.54) is 0 Å². The van der Waals surface area contributed by atoms with Gasteiger partial charge in [0.05, 0.1) is 17.3 Å². The lowest BCUT2D eigenvalue weighted by Crippen LogP contribution is -2.06. The van der Waals surface area contributed by atoms with Crippen LogP contribution in [0.3, 0.4) is 0 Å². The van der Waals surface area contributed by atoms with Gasteiger partial charge in [0.1, 0.15) is 5.82 Å². The molecule has 0 amide bonds. The lowest BCUT2D eigenvalue weighted by Gasteiger charge is -2.07. The van der Waals surface area contributed by atoms with Gasteiger partial charge < -0.3 is 5.32 Å². The average Bonchev–Trinajstić information content (AvgIpc) is 2.66. The Labute approximate surface area is 99.3 Å². The maximum atomic E-state index is 5.90. The number of rotatable bonds is 3. The molecule has 0 saturated carbocycles. The molecule has 2 aromatic rings. The minimum Gasteiger partial charge on any atom is -0.364 e. The van der Waals surface area contributed by atoms with E-state index in [1.54, 1.807) is 12.4 Å². The van der Waals surface area contributed by atoms with Crippen LogP contribution < -0.4 is 5.32 Å². The van der Waals surface area contributed by atoms with Gasteiger partial charge in [0.15, 0.2) is 0 Å². The molecule has 0 saturated heterocycles. The van der Waals surface area contributed by atoms with Gasteiger partial charge in [-0.1, -0.05) is 11.6 Å². The van der Waals surface area contributed by atoms with E-state index in [1.807, 2.05) is 30.8 Å². The zero-order valence-corrected chi connectivity index (χ0v) is 9.99. The number of halogens is 1. The third kappa shape index (κ3) is 2.33. The zero-order valence-electron chi connectivity index (χ0n) is 9.24. The lowest BCUT2D eigenvalue weighted by atomic mass is 10.3. The molecular formula is C11H13ClN4. The highest BCUT2D eigenvalue weighted by Crippen LogP contribution is 2.16. The summed E-state index contributed by atoms with van der Waals surface area (Å²) in [6.45, 7) is 2.66. The smallest absolute Gasteiger partial charge is 0.126 e. The summed E-state index contributed by atoms with van der Waals surface area (Å²) >= 11 is 5.90. The Morgan fingerprint density at radius 1 is 1.50 bits per heavy atom. The van der Waals surface area contributed by atoms with Gasteiger partial charge in [0.2, 0.25) is 0 Å². The SMILES string of the molecule is Cc1cc(NCc2ccnn2C)ncc1Cl. The fourth-order valence-electron chi connectivity index (χ4n) is 1.39. The molecule has 0 spiro atoms. The van der Waals surface area contributed by atoms with Gasteiger partial charge in [-0.2, -0.15) is 5.10 Å². The molecule has 5 heteroatoms. The fraction of sp³-hybridized carbons (Fsp3) is 0.273. The Kier molecular flexibility index (Phi) is 3.10. The van der Waals surface area contributed by atoms with Crippen molar-refractivity contribution in [2.45, 2.75) is 13.5 Å². The molecule has 0 radical (unpaired) electrons. The first-order valence-electron chi connectivity index (χ1n) is 4.99. The Morgan fingerprint density at radius 3 is 2.94 bits per heavy atom. The van der Waals surface area contributed by atoms with Gasteiger partial charge in [-0.3, -0.25) is 4.68 Å². The number of pyridine rings is 1. The van der Waals surface area contributed by atoms with Crippen molar-refractivity contribution in [1.29, 1.82) is 0 Å². The van der Waals surface area contributed by atoms with E-state index in [9.17, 15) is 0 Å². The monoisotopic (exact) mass is 236 g/mol. The molecule has 4 nitrogen and oxygen atoms in total. The normalized spacial score (nSPS) is 10.4. The third-order valence-corrected chi connectivity index (χ3v) is 2.82. The van der Waals surface area contributed by atoms with Gasteiger partial charge in [-0.25, -0.2) is 4.98 Å². The van der Waals surface area contributed by atoms with E-state index in [4.69, 9.17) is 11.6 Å². The van der Waals surface area contributed by atoms with Gasteiger partial charge >= 0.3 is 0 Å². The first-order chi connectivity index (χ1) is 7.66. The molecule has 1 N–H and O–H groups in total. The van der Waals surface area contributed by atoms with E-state index in [0.29, 0.717) is 11.6 Å². The average molecular weight is 237 g/mol. The molecule has 0 bridgehead atoms. The molecular weight excluding hydrogens is 224 g/mol. The van der Waals surface area contributed by atoms with Crippen LogP contribution in [0.5, 0.6) is 0 Å². The second-order valence-electron chi connectivity index (χ2n) is 3.62. The van der Waals surface area contributed by atoms with Crippen LogP contribution in [0.15, 0.2) is 24.5 Å². The van der Waals surface area contributed by atoms with E-state index in [0.717, 1.165) is 17.1 Å². The number of aromatic nitrogens is 3. The van der Waals surface area contributed by atoms with Crippen molar-refractivity contribution in [1.82, 2.24) is 14.8 Å². The van der Waals surface area contributed by atoms with Crippen molar-refractivity contribution in [2.24, 2.45) is 7.05 Å². The van der Waals surface area contributed by atoms with Crippen LogP contribution in [-0.4, -0.2) is 14.8 Å². The van der Waals surface area contributed by atoms with Gasteiger partial charge in [0.25, 0.3) is 0 Å². The first kappa shape index (κ1) is 11.0. The van der Waals surface area contributed by atoms with Crippen LogP contribution in [0.1, 0.15) is 11.3 Å². The predicted octanol–water partition coefficient (Wildman–Crippen LogP) is 2.39. The van der Waals surface area contributed by atoms with Crippen molar-refractivity contribution < 1.29 is 0 Å². The summed E-state index contributed by atoms with van der Waals surface area (Å²) in [5.41, 5.74) is 2.12. The molecule has 2 rings (SSSR count). The lowest BCUT2D eigenvalue weighted by molar-refractivity contribution is 0.720. The van der Waals surface area contributed by atoms with Crippen LogP contribution in [0.2, 0.25) is 5.02 Å². The number of hydrogen-bond donors (Lipinski definition) is 1. The molecule has 16 heavy (non-hydrogen) atoms. The third-order valence-electron chi connectivity index (χ3n) is 2.42. The second kappa shape index (κ2) is 4.53. The summed E-state index contributed by atoms with van der Waals surface area (Å²) in [6.07, 6.45) is 3.43. The summed E-state index contributed by atoms with van der Waals surface area (Å²) in [5, 5.41) is 8.01. The highest BCUT2D eigenvalue weighted by Gasteiger charge is 2.01. The molecule has 2 aromatic heterocycles. The van der Waals surface area contributed by atoms with Crippen molar-refractivity contribution in [3.63, 3.8) is 0 Å². The Hall–Kier alpha value is -1.55. The van der Waals surface area contributed by atoms with E-state index in [-0.39, 0.29) is 0 Å². The molecule has 0 atom stereocenters. The van der Waals surface area contributed by atoms with Gasteiger partial charge in [-0.05, 0) is 24.6 Å². The molecule has 0 fully saturated rings. The molecule has 0 aliphatic carbocycles. The summed E-state index contributed by atoms with van der Waals surface area (Å²) in [6, 6.07) is 3.90. The fourth-order valence-corrected chi connectivity index (χ4v) is 1.50. The first-order valence-corrected chi connectivity index (χ1v) is 5.37. The molecule has 84 valence electrons. The Balaban J connectivity index is 2.05. The van der Waals surface area contributed by atoms with Crippen LogP contribution in [-0.2, 0) is 13.6 Å². The number of aryl methyl sites for hydroxylation is 2. The standard InChI is InChI=1S/C11H13ClN4/c1-8-5-11(14-7-10(8)12)13-6-9-3-4-15-16(9)2/h3-5,7H,6H2,1-2H3,(H,13,14). The highest BCUT2D eigenvalue weighted by molar-refractivity contribution is 6.31. The van der Waals surface area contributed by atoms with Crippen LogP contribution in [0.25, 0.3) is 0 Å². The summed E-state index contributed by atoms with van der Waals surface area (Å²) in [4.78, 5) is 4.20. The van der Waals surface area contributed by atoms with Crippen LogP contribution >= 0.6 is 11.6 Å². The van der Waals surface area contributed by atoms with Gasteiger partial charge in [-0.15, -0.1) is 0 Å². The number of hydrogen-bond acceptors (Lipinski definition) is 3. The maximum Gasteiger partial charge on any atom is 0.126 e. The number of nitrogens with one attached hydrogen (secondary N) is 1. The Morgan fingerprint density at radius 2 is 2.31 bits per heavy atom. The van der Waals surface area contributed by atoms with Crippen molar-refractivity contribution in [3.05, 3.63) is 40.8 Å². The Bertz CT molecular complexity index is 492. The molecule has 0 aliphatic rings. The van der Waals surface area contributed by atoms with E-state index in [2.05, 4.69) is 15.4 Å². The van der Waals surface area contributed by atoms with Crippen molar-refractivity contribution in [2.75, 3.05) is 5.32 Å². The molecule has 0 aromatic carbocycles. The minimum absolute atomic E-state index is 0.686. The van der Waals surface area contributed by atoms with Crippen LogP contribution in [0, 0.1) is 6.92 Å². The second-order valence-corrected chi connectivity index (χ2v) is 4.03. The largest absolute Gasteiger partial charge is 0.364 e. The quantitative estimate of drug-likeness (QED) is 0.890. The summed E-state index contributed by atoms with van der Waals surface area (Å²) in [7, 11) is 1.91. The molecule has 0 aliphatic heterocycles. The van der Waals surface area contributed by atoms with Crippen molar-refractivity contribution in [3.8, 4) is 0 Å². The topological polar surface area (TPSA) is 42.7 Å². The van der Waals surface area contributed by atoms with Crippen LogP contribution in [0.4, 0.5) is 5.82 Å². The van der Waals surface area contributed by atoms with Crippen molar-refractivity contribution >= 4 is 17.4 Å². The molecule has 2 heterocycles. The van der Waals surface area contributed by atoms with E-state index < -0.39 is 0 Å². The summed E-state index contributed by atoms with van der Waals surface area (Å²) in [5.74, 6) is 0.822. The highest BCUT2D eigenvalue weighted by atomic mass is 35.5.